The van der Waals surface area contributed by atoms with Crippen LogP contribution in [-0.4, -0.2) is 10.9 Å². The molecule has 2 rings (SSSR count). The minimum atomic E-state index is -0.0581. The van der Waals surface area contributed by atoms with Crippen molar-refractivity contribution in [3.63, 3.8) is 0 Å². The molecule has 0 aliphatic heterocycles. The molecule has 0 fully saturated rings. The number of thiazole rings is 1. The Labute approximate surface area is 129 Å². The summed E-state index contributed by atoms with van der Waals surface area (Å²) in [5.74, 6) is -0.0581. The zero-order chi connectivity index (χ0) is 15.6. The normalized spacial score (nSPS) is 12.0. The molecule has 2 N–H and O–H groups in total. The second-order valence-electron chi connectivity index (χ2n) is 5.26. The van der Waals surface area contributed by atoms with E-state index in [4.69, 9.17) is 0 Å². The number of rotatable bonds is 4. The lowest BCUT2D eigenvalue weighted by molar-refractivity contribution is -0.114. The fourth-order valence-electron chi connectivity index (χ4n) is 2.30. The van der Waals surface area contributed by atoms with Crippen molar-refractivity contribution in [1.29, 1.82) is 0 Å². The molecular formula is C16H21N3OS. The first-order valence-corrected chi connectivity index (χ1v) is 7.77. The van der Waals surface area contributed by atoms with Crippen LogP contribution in [0.25, 0.3) is 0 Å². The molecule has 1 unspecified atom stereocenters. The molecule has 21 heavy (non-hydrogen) atoms. The Balaban J connectivity index is 2.19. The van der Waals surface area contributed by atoms with Gasteiger partial charge in [0.15, 0.2) is 0 Å². The summed E-state index contributed by atoms with van der Waals surface area (Å²) in [5.41, 5.74) is 3.96. The van der Waals surface area contributed by atoms with Gasteiger partial charge in [0.1, 0.15) is 0 Å². The highest BCUT2D eigenvalue weighted by Crippen LogP contribution is 2.29. The van der Waals surface area contributed by atoms with Gasteiger partial charge in [-0.15, -0.1) is 11.3 Å². The minimum absolute atomic E-state index is 0.0581. The van der Waals surface area contributed by atoms with E-state index in [2.05, 4.69) is 22.5 Å². The SMILES string of the molecule is CC(=O)Nc1cc(NC(C)c2sc(C)nc2C)ccc1C. The number of nitrogens with one attached hydrogen (secondary N) is 2. The molecule has 1 atom stereocenters. The Morgan fingerprint density at radius 1 is 1.29 bits per heavy atom. The van der Waals surface area contributed by atoms with Crippen LogP contribution in [-0.2, 0) is 4.79 Å². The number of anilines is 2. The number of carbonyl (C=O) groups is 1. The van der Waals surface area contributed by atoms with Gasteiger partial charge in [0.2, 0.25) is 5.91 Å². The zero-order valence-electron chi connectivity index (χ0n) is 13.1. The maximum atomic E-state index is 11.2. The fourth-order valence-corrected chi connectivity index (χ4v) is 3.23. The predicted octanol–water partition coefficient (Wildman–Crippen LogP) is 4.20. The summed E-state index contributed by atoms with van der Waals surface area (Å²) >= 11 is 1.72. The van der Waals surface area contributed by atoms with Crippen LogP contribution in [0.2, 0.25) is 0 Å². The van der Waals surface area contributed by atoms with Crippen molar-refractivity contribution in [2.75, 3.05) is 10.6 Å². The van der Waals surface area contributed by atoms with E-state index >= 15 is 0 Å². The van der Waals surface area contributed by atoms with Gasteiger partial charge in [-0.05, 0) is 45.4 Å². The van der Waals surface area contributed by atoms with Gasteiger partial charge in [0.25, 0.3) is 0 Å². The molecule has 2 aromatic rings. The summed E-state index contributed by atoms with van der Waals surface area (Å²) in [4.78, 5) is 16.9. The highest BCUT2D eigenvalue weighted by Gasteiger charge is 2.13. The van der Waals surface area contributed by atoms with E-state index in [0.717, 1.165) is 27.6 Å². The van der Waals surface area contributed by atoms with E-state index in [1.165, 1.54) is 11.8 Å². The van der Waals surface area contributed by atoms with E-state index in [0.29, 0.717) is 0 Å². The molecular weight excluding hydrogens is 282 g/mol. The van der Waals surface area contributed by atoms with Gasteiger partial charge < -0.3 is 10.6 Å². The number of hydrogen-bond donors (Lipinski definition) is 2. The Kier molecular flexibility index (Phi) is 4.63. The maximum absolute atomic E-state index is 11.2. The second kappa shape index (κ2) is 6.26. The maximum Gasteiger partial charge on any atom is 0.221 e. The summed E-state index contributed by atoms with van der Waals surface area (Å²) in [7, 11) is 0. The van der Waals surface area contributed by atoms with Crippen molar-refractivity contribution >= 4 is 28.6 Å². The summed E-state index contributed by atoms with van der Waals surface area (Å²) in [5, 5.41) is 7.41. The zero-order valence-corrected chi connectivity index (χ0v) is 13.9. The summed E-state index contributed by atoms with van der Waals surface area (Å²) < 4.78 is 0. The molecule has 5 heteroatoms. The van der Waals surface area contributed by atoms with Crippen LogP contribution in [0.4, 0.5) is 11.4 Å². The Morgan fingerprint density at radius 3 is 2.57 bits per heavy atom. The monoisotopic (exact) mass is 303 g/mol. The number of amides is 1. The van der Waals surface area contributed by atoms with Gasteiger partial charge in [0.05, 0.1) is 16.7 Å². The van der Waals surface area contributed by atoms with Crippen molar-refractivity contribution in [3.8, 4) is 0 Å². The average Bonchev–Trinajstić information content (AvgIpc) is 2.72. The van der Waals surface area contributed by atoms with Crippen LogP contribution in [0.15, 0.2) is 18.2 Å². The highest BCUT2D eigenvalue weighted by molar-refractivity contribution is 7.11. The quantitative estimate of drug-likeness (QED) is 0.890. The number of hydrogen-bond acceptors (Lipinski definition) is 4. The van der Waals surface area contributed by atoms with E-state index < -0.39 is 0 Å². The lowest BCUT2D eigenvalue weighted by Gasteiger charge is -2.16. The number of nitrogens with zero attached hydrogens (tertiary/aromatic N) is 1. The van der Waals surface area contributed by atoms with Crippen molar-refractivity contribution < 1.29 is 4.79 Å². The molecule has 1 aromatic carbocycles. The van der Waals surface area contributed by atoms with Gasteiger partial charge >= 0.3 is 0 Å². The summed E-state index contributed by atoms with van der Waals surface area (Å²) in [6.45, 7) is 9.68. The Morgan fingerprint density at radius 2 is 2.00 bits per heavy atom. The molecule has 0 radical (unpaired) electrons. The third kappa shape index (κ3) is 3.82. The lowest BCUT2D eigenvalue weighted by Crippen LogP contribution is -2.09. The molecule has 0 bridgehead atoms. The third-order valence-electron chi connectivity index (χ3n) is 3.26. The first kappa shape index (κ1) is 15.5. The molecule has 112 valence electrons. The average molecular weight is 303 g/mol. The smallest absolute Gasteiger partial charge is 0.221 e. The molecule has 0 aliphatic carbocycles. The predicted molar refractivity (Wildman–Crippen MR) is 89.1 cm³/mol. The van der Waals surface area contributed by atoms with E-state index in [-0.39, 0.29) is 11.9 Å². The van der Waals surface area contributed by atoms with Gasteiger partial charge in [-0.25, -0.2) is 4.98 Å². The second-order valence-corrected chi connectivity index (χ2v) is 6.49. The first-order chi connectivity index (χ1) is 9.86. The van der Waals surface area contributed by atoms with Gasteiger partial charge in [-0.2, -0.15) is 0 Å². The van der Waals surface area contributed by atoms with Crippen LogP contribution < -0.4 is 10.6 Å². The minimum Gasteiger partial charge on any atom is -0.378 e. The standard InChI is InChI=1S/C16H21N3OS/c1-9-6-7-14(8-15(9)19-12(4)20)18-11(3)16-10(2)17-13(5)21-16/h6-8,11,18H,1-5H3,(H,19,20). The molecule has 1 amide bonds. The van der Waals surface area contributed by atoms with E-state index in [1.54, 1.807) is 11.3 Å². The third-order valence-corrected chi connectivity index (χ3v) is 4.52. The molecule has 1 heterocycles. The number of aromatic nitrogens is 1. The molecule has 4 nitrogen and oxygen atoms in total. The Bertz CT molecular complexity index is 664. The highest BCUT2D eigenvalue weighted by atomic mass is 32.1. The largest absolute Gasteiger partial charge is 0.378 e. The van der Waals surface area contributed by atoms with Crippen LogP contribution >= 0.6 is 11.3 Å². The van der Waals surface area contributed by atoms with Crippen LogP contribution in [0.3, 0.4) is 0 Å². The van der Waals surface area contributed by atoms with Crippen LogP contribution in [0.1, 0.15) is 41.0 Å². The van der Waals surface area contributed by atoms with Crippen LogP contribution in [0, 0.1) is 20.8 Å². The van der Waals surface area contributed by atoms with Gasteiger partial charge in [-0.1, -0.05) is 6.07 Å². The summed E-state index contributed by atoms with van der Waals surface area (Å²) in [6.07, 6.45) is 0. The molecule has 0 saturated carbocycles. The van der Waals surface area contributed by atoms with Crippen LogP contribution in [0.5, 0.6) is 0 Å². The number of benzene rings is 1. The van der Waals surface area contributed by atoms with E-state index in [1.807, 2.05) is 39.0 Å². The van der Waals surface area contributed by atoms with E-state index in [9.17, 15) is 4.79 Å². The molecule has 0 aliphatic rings. The van der Waals surface area contributed by atoms with Gasteiger partial charge in [-0.3, -0.25) is 4.79 Å². The van der Waals surface area contributed by atoms with Crippen molar-refractivity contribution in [2.45, 2.75) is 40.7 Å². The lowest BCUT2D eigenvalue weighted by atomic mass is 10.1. The van der Waals surface area contributed by atoms with Crippen molar-refractivity contribution in [1.82, 2.24) is 4.98 Å². The fraction of sp³-hybridized carbons (Fsp3) is 0.375. The first-order valence-electron chi connectivity index (χ1n) is 6.95. The van der Waals surface area contributed by atoms with Crippen molar-refractivity contribution in [2.24, 2.45) is 0 Å². The number of carbonyl (C=O) groups excluding carboxylic acids is 1. The molecule has 0 spiro atoms. The topological polar surface area (TPSA) is 54.0 Å². The van der Waals surface area contributed by atoms with Gasteiger partial charge in [0, 0.05) is 23.2 Å². The molecule has 0 saturated heterocycles. The molecule has 1 aromatic heterocycles. The summed E-state index contributed by atoms with van der Waals surface area (Å²) in [6, 6.07) is 6.19. The van der Waals surface area contributed by atoms with Crippen molar-refractivity contribution in [3.05, 3.63) is 39.3 Å². The Hall–Kier alpha value is -1.88. The number of aryl methyl sites for hydroxylation is 3.